The van der Waals surface area contributed by atoms with Crippen molar-refractivity contribution in [1.82, 2.24) is 14.6 Å². The van der Waals surface area contributed by atoms with Gasteiger partial charge >= 0.3 is 5.97 Å². The molecular weight excluding hydrogens is 302 g/mol. The summed E-state index contributed by atoms with van der Waals surface area (Å²) in [6.07, 6.45) is 2.86. The van der Waals surface area contributed by atoms with Crippen molar-refractivity contribution in [3.05, 3.63) is 52.8 Å². The van der Waals surface area contributed by atoms with E-state index in [1.54, 1.807) is 16.6 Å². The van der Waals surface area contributed by atoms with E-state index in [0.717, 1.165) is 17.7 Å². The molecule has 0 atom stereocenters. The molecule has 1 N–H and O–H groups in total. The minimum Gasteiger partial charge on any atom is -0.478 e. The predicted molar refractivity (Wildman–Crippen MR) is 84.4 cm³/mol. The van der Waals surface area contributed by atoms with Gasteiger partial charge in [-0.05, 0) is 18.6 Å². The molecule has 0 aliphatic carbocycles. The van der Waals surface area contributed by atoms with Gasteiger partial charge in [-0.1, -0.05) is 37.1 Å². The van der Waals surface area contributed by atoms with Gasteiger partial charge in [-0.25, -0.2) is 14.3 Å². The topological polar surface area (TPSA) is 67.5 Å². The van der Waals surface area contributed by atoms with Crippen molar-refractivity contribution in [2.24, 2.45) is 0 Å². The first-order chi connectivity index (χ1) is 10.6. The van der Waals surface area contributed by atoms with E-state index in [0.29, 0.717) is 22.8 Å². The summed E-state index contributed by atoms with van der Waals surface area (Å²) >= 11 is 5.90. The third-order valence-electron chi connectivity index (χ3n) is 3.44. The van der Waals surface area contributed by atoms with Crippen LogP contribution in [0.3, 0.4) is 0 Å². The van der Waals surface area contributed by atoms with Gasteiger partial charge in [-0.3, -0.25) is 0 Å². The molecular formula is C16H14ClN3O2. The molecule has 0 spiro atoms. The summed E-state index contributed by atoms with van der Waals surface area (Å²) < 4.78 is 1.62. The summed E-state index contributed by atoms with van der Waals surface area (Å²) in [4.78, 5) is 15.6. The minimum atomic E-state index is -0.985. The molecule has 0 radical (unpaired) electrons. The second-order valence-electron chi connectivity index (χ2n) is 4.98. The lowest BCUT2D eigenvalue weighted by Gasteiger charge is -2.06. The summed E-state index contributed by atoms with van der Waals surface area (Å²) in [6.45, 7) is 2.00. The maximum Gasteiger partial charge on any atom is 0.339 e. The van der Waals surface area contributed by atoms with Crippen LogP contribution in [0.5, 0.6) is 0 Å². The van der Waals surface area contributed by atoms with Crippen molar-refractivity contribution in [3.63, 3.8) is 0 Å². The van der Waals surface area contributed by atoms with Gasteiger partial charge in [-0.2, -0.15) is 5.10 Å². The van der Waals surface area contributed by atoms with E-state index in [2.05, 4.69) is 10.1 Å². The second-order valence-corrected chi connectivity index (χ2v) is 5.42. The van der Waals surface area contributed by atoms with Crippen LogP contribution in [0.4, 0.5) is 0 Å². The molecule has 3 aromatic rings. The largest absolute Gasteiger partial charge is 0.478 e. The highest BCUT2D eigenvalue weighted by atomic mass is 35.5. The van der Waals surface area contributed by atoms with E-state index in [9.17, 15) is 9.90 Å². The van der Waals surface area contributed by atoms with Crippen LogP contribution in [-0.4, -0.2) is 25.7 Å². The third-order valence-corrected chi connectivity index (χ3v) is 3.69. The lowest BCUT2D eigenvalue weighted by molar-refractivity contribution is 0.0694. The summed E-state index contributed by atoms with van der Waals surface area (Å²) in [6, 6.07) is 9.19. The molecule has 0 fully saturated rings. The normalized spacial score (nSPS) is 11.0. The standard InChI is InChI=1S/C16H14ClN3O2/c1-2-3-14-12(16(21)22)9-18-15-8-13(19-20(14)15)10-4-6-11(17)7-5-10/h4-9H,2-3H2,1H3,(H,21,22). The first kappa shape index (κ1) is 14.5. The Bertz CT molecular complexity index is 840. The van der Waals surface area contributed by atoms with Gasteiger partial charge in [0.15, 0.2) is 5.65 Å². The smallest absolute Gasteiger partial charge is 0.339 e. The highest BCUT2D eigenvalue weighted by Crippen LogP contribution is 2.23. The van der Waals surface area contributed by atoms with E-state index < -0.39 is 5.97 Å². The van der Waals surface area contributed by atoms with Crippen molar-refractivity contribution < 1.29 is 9.90 Å². The van der Waals surface area contributed by atoms with Crippen LogP contribution >= 0.6 is 11.6 Å². The number of rotatable bonds is 4. The Hall–Kier alpha value is -2.40. The summed E-state index contributed by atoms with van der Waals surface area (Å²) in [5, 5.41) is 14.5. The van der Waals surface area contributed by atoms with Crippen molar-refractivity contribution >= 4 is 23.2 Å². The van der Waals surface area contributed by atoms with Crippen LogP contribution in [0, 0.1) is 0 Å². The Labute approximate surface area is 132 Å². The number of nitrogens with zero attached hydrogens (tertiary/aromatic N) is 3. The average molecular weight is 316 g/mol. The Morgan fingerprint density at radius 3 is 2.68 bits per heavy atom. The Morgan fingerprint density at radius 2 is 2.05 bits per heavy atom. The average Bonchev–Trinajstić information content (AvgIpc) is 2.92. The predicted octanol–water partition coefficient (Wildman–Crippen LogP) is 3.70. The van der Waals surface area contributed by atoms with Crippen molar-refractivity contribution in [3.8, 4) is 11.3 Å². The number of aromatic nitrogens is 3. The number of hydrogen-bond donors (Lipinski definition) is 1. The molecule has 0 saturated carbocycles. The van der Waals surface area contributed by atoms with Crippen LogP contribution in [0.15, 0.2) is 36.5 Å². The van der Waals surface area contributed by atoms with Crippen molar-refractivity contribution in [2.75, 3.05) is 0 Å². The number of hydrogen-bond acceptors (Lipinski definition) is 3. The third kappa shape index (κ3) is 2.55. The van der Waals surface area contributed by atoms with Crippen LogP contribution in [0.2, 0.25) is 5.02 Å². The number of carboxylic acids is 1. The molecule has 0 saturated heterocycles. The van der Waals surface area contributed by atoms with E-state index >= 15 is 0 Å². The first-order valence-corrected chi connectivity index (χ1v) is 7.35. The summed E-state index contributed by atoms with van der Waals surface area (Å²) in [5.74, 6) is -0.985. The SMILES string of the molecule is CCCc1c(C(=O)O)cnc2cc(-c3ccc(Cl)cc3)nn12. The van der Waals surface area contributed by atoms with E-state index in [-0.39, 0.29) is 5.56 Å². The highest BCUT2D eigenvalue weighted by molar-refractivity contribution is 6.30. The van der Waals surface area contributed by atoms with Gasteiger partial charge in [0.05, 0.1) is 17.0 Å². The van der Waals surface area contributed by atoms with E-state index in [1.807, 2.05) is 25.1 Å². The molecule has 6 heteroatoms. The van der Waals surface area contributed by atoms with E-state index in [4.69, 9.17) is 11.6 Å². The van der Waals surface area contributed by atoms with Gasteiger partial charge < -0.3 is 5.11 Å². The monoisotopic (exact) mass is 315 g/mol. The maximum absolute atomic E-state index is 11.4. The highest BCUT2D eigenvalue weighted by Gasteiger charge is 2.16. The fourth-order valence-corrected chi connectivity index (χ4v) is 2.52. The summed E-state index contributed by atoms with van der Waals surface area (Å²) in [7, 11) is 0. The van der Waals surface area contributed by atoms with E-state index in [1.165, 1.54) is 6.20 Å². The van der Waals surface area contributed by atoms with Gasteiger partial charge in [0.25, 0.3) is 0 Å². The number of fused-ring (bicyclic) bond motifs is 1. The minimum absolute atomic E-state index is 0.195. The lowest BCUT2D eigenvalue weighted by Crippen LogP contribution is -2.10. The molecule has 1 aromatic carbocycles. The molecule has 5 nitrogen and oxygen atoms in total. The fraction of sp³-hybridized carbons (Fsp3) is 0.188. The van der Waals surface area contributed by atoms with Crippen LogP contribution in [0.1, 0.15) is 29.4 Å². The molecule has 112 valence electrons. The quantitative estimate of drug-likeness (QED) is 0.797. The Balaban J connectivity index is 2.18. The first-order valence-electron chi connectivity index (χ1n) is 6.97. The van der Waals surface area contributed by atoms with Crippen LogP contribution in [0.25, 0.3) is 16.9 Å². The molecule has 22 heavy (non-hydrogen) atoms. The molecule has 2 aromatic heterocycles. The fourth-order valence-electron chi connectivity index (χ4n) is 2.40. The zero-order valence-corrected chi connectivity index (χ0v) is 12.7. The molecule has 3 rings (SSSR count). The summed E-state index contributed by atoms with van der Waals surface area (Å²) in [5.41, 5.74) is 3.15. The van der Waals surface area contributed by atoms with Gasteiger partial charge in [-0.15, -0.1) is 0 Å². The second kappa shape index (κ2) is 5.77. The molecule has 0 unspecified atom stereocenters. The van der Waals surface area contributed by atoms with Crippen molar-refractivity contribution in [2.45, 2.75) is 19.8 Å². The maximum atomic E-state index is 11.4. The number of aryl methyl sites for hydroxylation is 1. The van der Waals surface area contributed by atoms with Crippen LogP contribution in [-0.2, 0) is 6.42 Å². The number of aromatic carboxylic acids is 1. The molecule has 0 bridgehead atoms. The molecule has 0 amide bonds. The number of carbonyl (C=O) groups is 1. The molecule has 0 aliphatic rings. The molecule has 2 heterocycles. The zero-order chi connectivity index (χ0) is 15.7. The number of carboxylic acid groups (broad SMARTS) is 1. The Morgan fingerprint density at radius 1 is 1.32 bits per heavy atom. The lowest BCUT2D eigenvalue weighted by atomic mass is 10.1. The van der Waals surface area contributed by atoms with Crippen molar-refractivity contribution in [1.29, 1.82) is 0 Å². The number of benzene rings is 1. The van der Waals surface area contributed by atoms with Crippen LogP contribution < -0.4 is 0 Å². The number of halogens is 1. The molecule has 0 aliphatic heterocycles. The van der Waals surface area contributed by atoms with Gasteiger partial charge in [0.1, 0.15) is 0 Å². The zero-order valence-electron chi connectivity index (χ0n) is 12.0. The van der Waals surface area contributed by atoms with Gasteiger partial charge in [0.2, 0.25) is 0 Å². The Kier molecular flexibility index (Phi) is 3.81. The van der Waals surface area contributed by atoms with Gasteiger partial charge in [0, 0.05) is 22.8 Å².